The fourth-order valence-corrected chi connectivity index (χ4v) is 1.81. The minimum absolute atomic E-state index is 0.276. The lowest BCUT2D eigenvalue weighted by Crippen LogP contribution is -2.26. The van der Waals surface area contributed by atoms with Gasteiger partial charge in [-0.25, -0.2) is 4.39 Å². The van der Waals surface area contributed by atoms with Gasteiger partial charge < -0.3 is 4.90 Å². The summed E-state index contributed by atoms with van der Waals surface area (Å²) in [6.07, 6.45) is 5.23. The van der Waals surface area contributed by atoms with Crippen molar-refractivity contribution in [3.05, 3.63) is 41.2 Å². The highest BCUT2D eigenvalue weighted by Crippen LogP contribution is 2.23. The van der Waals surface area contributed by atoms with Gasteiger partial charge in [0.2, 0.25) is 0 Å². The van der Waals surface area contributed by atoms with E-state index in [9.17, 15) is 4.39 Å². The summed E-state index contributed by atoms with van der Waals surface area (Å²) in [5, 5.41) is 0.453. The van der Waals surface area contributed by atoms with Crippen LogP contribution >= 0.6 is 11.6 Å². The fraction of sp³-hybridized carbons (Fsp3) is 0.273. The molecule has 1 nitrogen and oxygen atoms in total. The maximum Gasteiger partial charge on any atom is 0.126 e. The van der Waals surface area contributed by atoms with E-state index in [4.69, 9.17) is 11.6 Å². The van der Waals surface area contributed by atoms with Crippen molar-refractivity contribution in [1.29, 1.82) is 0 Å². The van der Waals surface area contributed by atoms with Gasteiger partial charge in [-0.2, -0.15) is 0 Å². The van der Waals surface area contributed by atoms with Gasteiger partial charge in [-0.05, 0) is 24.6 Å². The van der Waals surface area contributed by atoms with E-state index in [2.05, 4.69) is 17.1 Å². The number of anilines is 1. The van der Waals surface area contributed by atoms with Crippen molar-refractivity contribution in [2.75, 3.05) is 18.0 Å². The van der Waals surface area contributed by atoms with Crippen LogP contribution in [-0.2, 0) is 0 Å². The first kappa shape index (κ1) is 9.53. The van der Waals surface area contributed by atoms with Gasteiger partial charge in [0.25, 0.3) is 0 Å². The molecule has 0 saturated carbocycles. The van der Waals surface area contributed by atoms with Gasteiger partial charge in [-0.15, -0.1) is 0 Å². The van der Waals surface area contributed by atoms with Crippen molar-refractivity contribution in [2.24, 2.45) is 0 Å². The molecule has 3 heteroatoms. The Morgan fingerprint density at radius 3 is 2.71 bits per heavy atom. The molecule has 0 fully saturated rings. The number of rotatable bonds is 1. The zero-order chi connectivity index (χ0) is 9.97. The maximum atomic E-state index is 13.1. The van der Waals surface area contributed by atoms with E-state index < -0.39 is 0 Å². The molecular formula is C11H11ClFN. The Labute approximate surface area is 87.8 Å². The summed E-state index contributed by atoms with van der Waals surface area (Å²) in [6.45, 7) is 1.76. The summed E-state index contributed by atoms with van der Waals surface area (Å²) < 4.78 is 13.1. The third-order valence-electron chi connectivity index (χ3n) is 2.27. The lowest BCUT2D eigenvalue weighted by atomic mass is 10.2. The molecule has 0 aliphatic carbocycles. The summed E-state index contributed by atoms with van der Waals surface area (Å²) in [6, 6.07) is 4.64. The van der Waals surface area contributed by atoms with Crippen molar-refractivity contribution < 1.29 is 4.39 Å². The van der Waals surface area contributed by atoms with Gasteiger partial charge in [-0.3, -0.25) is 0 Å². The maximum absolute atomic E-state index is 13.1. The van der Waals surface area contributed by atoms with Crippen molar-refractivity contribution in [1.82, 2.24) is 0 Å². The van der Waals surface area contributed by atoms with Crippen LogP contribution in [0, 0.1) is 5.82 Å². The molecule has 1 aliphatic rings. The Hall–Kier alpha value is -1.02. The third kappa shape index (κ3) is 2.07. The van der Waals surface area contributed by atoms with E-state index >= 15 is 0 Å². The van der Waals surface area contributed by atoms with Crippen LogP contribution in [0.15, 0.2) is 30.4 Å². The van der Waals surface area contributed by atoms with Gasteiger partial charge in [0.1, 0.15) is 5.82 Å². The molecule has 0 bridgehead atoms. The summed E-state index contributed by atoms with van der Waals surface area (Å²) >= 11 is 5.78. The summed E-state index contributed by atoms with van der Waals surface area (Å²) in [4.78, 5) is 2.11. The van der Waals surface area contributed by atoms with E-state index in [-0.39, 0.29) is 5.82 Å². The highest BCUT2D eigenvalue weighted by Gasteiger charge is 2.08. The lowest BCUT2D eigenvalue weighted by molar-refractivity contribution is 0.626. The molecule has 0 amide bonds. The molecule has 74 valence electrons. The lowest BCUT2D eigenvalue weighted by Gasteiger charge is -2.25. The first-order valence-corrected chi connectivity index (χ1v) is 4.99. The molecule has 0 spiro atoms. The van der Waals surface area contributed by atoms with Gasteiger partial charge in [-0.1, -0.05) is 23.8 Å². The SMILES string of the molecule is Fc1cc(Cl)cc(N2CC=CCC2)c1. The Morgan fingerprint density at radius 2 is 2.07 bits per heavy atom. The van der Waals surface area contributed by atoms with E-state index in [1.165, 1.54) is 12.1 Å². The van der Waals surface area contributed by atoms with Gasteiger partial charge in [0.15, 0.2) is 0 Å². The molecule has 1 heterocycles. The van der Waals surface area contributed by atoms with Crippen LogP contribution in [0.4, 0.5) is 10.1 Å². The van der Waals surface area contributed by atoms with Gasteiger partial charge in [0.05, 0.1) is 0 Å². The summed E-state index contributed by atoms with van der Waals surface area (Å²) in [7, 11) is 0. The molecule has 1 aromatic rings. The number of halogens is 2. The fourth-order valence-electron chi connectivity index (χ4n) is 1.60. The second kappa shape index (κ2) is 4.01. The largest absolute Gasteiger partial charge is 0.367 e. The average molecular weight is 212 g/mol. The normalized spacial score (nSPS) is 16.0. The minimum Gasteiger partial charge on any atom is -0.367 e. The molecule has 0 unspecified atom stereocenters. The second-order valence-electron chi connectivity index (χ2n) is 3.33. The summed E-state index contributed by atoms with van der Waals surface area (Å²) in [5.74, 6) is -0.276. The topological polar surface area (TPSA) is 3.24 Å². The standard InChI is InChI=1S/C11H11ClFN/c12-9-6-10(13)8-11(7-9)14-4-2-1-3-5-14/h1-2,6-8H,3-5H2. The van der Waals surface area contributed by atoms with Crippen molar-refractivity contribution in [3.63, 3.8) is 0 Å². The molecule has 2 rings (SSSR count). The molecule has 14 heavy (non-hydrogen) atoms. The van der Waals surface area contributed by atoms with E-state index in [0.717, 1.165) is 25.2 Å². The molecule has 1 aliphatic heterocycles. The van der Waals surface area contributed by atoms with Gasteiger partial charge >= 0.3 is 0 Å². The van der Waals surface area contributed by atoms with Crippen LogP contribution in [0.5, 0.6) is 0 Å². The summed E-state index contributed by atoms with van der Waals surface area (Å²) in [5.41, 5.74) is 0.861. The minimum atomic E-state index is -0.276. The van der Waals surface area contributed by atoms with E-state index in [0.29, 0.717) is 5.02 Å². The van der Waals surface area contributed by atoms with Crippen LogP contribution in [0.25, 0.3) is 0 Å². The molecule has 0 atom stereocenters. The van der Waals surface area contributed by atoms with Crippen LogP contribution in [0.1, 0.15) is 6.42 Å². The molecular weight excluding hydrogens is 201 g/mol. The smallest absolute Gasteiger partial charge is 0.126 e. The number of hydrogen-bond acceptors (Lipinski definition) is 1. The number of hydrogen-bond donors (Lipinski definition) is 0. The zero-order valence-electron chi connectivity index (χ0n) is 7.71. The highest BCUT2D eigenvalue weighted by atomic mass is 35.5. The Balaban J connectivity index is 2.26. The predicted octanol–water partition coefficient (Wildman–Crippen LogP) is 3.25. The number of benzene rings is 1. The molecule has 0 radical (unpaired) electrons. The molecule has 0 aromatic heterocycles. The van der Waals surface area contributed by atoms with Crippen LogP contribution in [0.2, 0.25) is 5.02 Å². The Kier molecular flexibility index (Phi) is 2.73. The average Bonchev–Trinajstić information content (AvgIpc) is 2.18. The monoisotopic (exact) mass is 211 g/mol. The highest BCUT2D eigenvalue weighted by molar-refractivity contribution is 6.30. The molecule has 0 N–H and O–H groups in total. The van der Waals surface area contributed by atoms with Crippen LogP contribution in [0.3, 0.4) is 0 Å². The van der Waals surface area contributed by atoms with Crippen molar-refractivity contribution in [3.8, 4) is 0 Å². The Morgan fingerprint density at radius 1 is 1.21 bits per heavy atom. The van der Waals surface area contributed by atoms with Crippen LogP contribution in [-0.4, -0.2) is 13.1 Å². The number of nitrogens with zero attached hydrogens (tertiary/aromatic N) is 1. The Bertz CT molecular complexity index is 342. The van der Waals surface area contributed by atoms with Crippen molar-refractivity contribution >= 4 is 17.3 Å². The predicted molar refractivity (Wildman–Crippen MR) is 57.4 cm³/mol. The van der Waals surface area contributed by atoms with Crippen molar-refractivity contribution in [2.45, 2.75) is 6.42 Å². The molecule has 1 aromatic carbocycles. The van der Waals surface area contributed by atoms with Gasteiger partial charge in [0, 0.05) is 23.8 Å². The first-order chi connectivity index (χ1) is 6.75. The first-order valence-electron chi connectivity index (χ1n) is 4.62. The zero-order valence-corrected chi connectivity index (χ0v) is 8.47. The third-order valence-corrected chi connectivity index (χ3v) is 2.49. The van der Waals surface area contributed by atoms with E-state index in [1.807, 2.05) is 0 Å². The van der Waals surface area contributed by atoms with E-state index in [1.54, 1.807) is 6.07 Å². The van der Waals surface area contributed by atoms with Crippen LogP contribution < -0.4 is 4.90 Å². The quantitative estimate of drug-likeness (QED) is 0.645. The molecule has 0 saturated heterocycles. The second-order valence-corrected chi connectivity index (χ2v) is 3.77.